The zero-order valence-corrected chi connectivity index (χ0v) is 10.9. The van der Waals surface area contributed by atoms with Crippen LogP contribution in [0, 0.1) is 11.6 Å². The summed E-state index contributed by atoms with van der Waals surface area (Å²) in [6.07, 6.45) is 1.37. The van der Waals surface area contributed by atoms with Gasteiger partial charge in [-0.05, 0) is 0 Å². The van der Waals surface area contributed by atoms with Crippen molar-refractivity contribution >= 4 is 5.91 Å². The van der Waals surface area contributed by atoms with Gasteiger partial charge in [0.05, 0.1) is 12.7 Å². The van der Waals surface area contributed by atoms with Gasteiger partial charge in [0, 0.05) is 19.5 Å². The number of hydrogen-bond acceptors (Lipinski definition) is 5. The molecule has 0 spiro atoms. The summed E-state index contributed by atoms with van der Waals surface area (Å²) >= 11 is 0. The Balaban J connectivity index is 2.12. The molecule has 0 N–H and O–H groups in total. The quantitative estimate of drug-likeness (QED) is 0.851. The van der Waals surface area contributed by atoms with Crippen LogP contribution in [0.3, 0.4) is 0 Å². The van der Waals surface area contributed by atoms with Crippen molar-refractivity contribution in [1.29, 1.82) is 0 Å². The Morgan fingerprint density at radius 2 is 2.05 bits per heavy atom. The Morgan fingerprint density at radius 3 is 2.65 bits per heavy atom. The molecular formula is C12H12F2N4O2. The van der Waals surface area contributed by atoms with Crippen LogP contribution < -0.4 is 0 Å². The molecule has 0 aromatic carbocycles. The van der Waals surface area contributed by atoms with E-state index in [2.05, 4.69) is 15.2 Å². The van der Waals surface area contributed by atoms with Crippen LogP contribution in [0.1, 0.15) is 29.2 Å². The molecule has 2 aromatic heterocycles. The van der Waals surface area contributed by atoms with E-state index in [0.717, 1.165) is 11.1 Å². The number of halogens is 2. The third kappa shape index (κ3) is 2.95. The highest BCUT2D eigenvalue weighted by Crippen LogP contribution is 2.10. The van der Waals surface area contributed by atoms with Gasteiger partial charge >= 0.3 is 0 Å². The van der Waals surface area contributed by atoms with E-state index in [4.69, 9.17) is 4.42 Å². The van der Waals surface area contributed by atoms with Gasteiger partial charge in [-0.2, -0.15) is 0 Å². The smallest absolute Gasteiger partial charge is 0.275 e. The minimum atomic E-state index is -1.01. The minimum Gasteiger partial charge on any atom is -0.423 e. The molecule has 8 heteroatoms. The lowest BCUT2D eigenvalue weighted by Gasteiger charge is -2.14. The van der Waals surface area contributed by atoms with Crippen LogP contribution in [-0.4, -0.2) is 33.0 Å². The molecule has 0 aliphatic rings. The summed E-state index contributed by atoms with van der Waals surface area (Å²) in [5.74, 6) is -1.86. The number of aryl methyl sites for hydroxylation is 1. The van der Waals surface area contributed by atoms with E-state index < -0.39 is 23.2 Å². The Bertz CT molecular complexity index is 630. The molecule has 6 nitrogen and oxygen atoms in total. The molecule has 2 aromatic rings. The first-order valence-corrected chi connectivity index (χ1v) is 5.89. The van der Waals surface area contributed by atoms with Crippen LogP contribution in [0.15, 0.2) is 16.7 Å². The van der Waals surface area contributed by atoms with Crippen LogP contribution in [-0.2, 0) is 13.0 Å². The first kappa shape index (κ1) is 14.0. The monoisotopic (exact) mass is 282 g/mol. The van der Waals surface area contributed by atoms with Gasteiger partial charge in [-0.25, -0.2) is 13.8 Å². The predicted octanol–water partition coefficient (Wildman–Crippen LogP) is 1.58. The summed E-state index contributed by atoms with van der Waals surface area (Å²) < 4.78 is 31.4. The van der Waals surface area contributed by atoms with E-state index in [1.807, 2.05) is 6.92 Å². The number of carbonyl (C=O) groups excluding carboxylic acids is 1. The second-order valence-corrected chi connectivity index (χ2v) is 4.09. The van der Waals surface area contributed by atoms with Crippen LogP contribution in [0.4, 0.5) is 8.78 Å². The summed E-state index contributed by atoms with van der Waals surface area (Å²) in [4.78, 5) is 16.6. The minimum absolute atomic E-state index is 0.0182. The molecule has 0 radical (unpaired) electrons. The van der Waals surface area contributed by atoms with Crippen molar-refractivity contribution in [3.8, 4) is 0 Å². The second-order valence-electron chi connectivity index (χ2n) is 4.09. The number of pyridine rings is 1. The van der Waals surface area contributed by atoms with Gasteiger partial charge in [0.25, 0.3) is 5.91 Å². The van der Waals surface area contributed by atoms with E-state index in [1.54, 1.807) is 0 Å². The molecule has 0 unspecified atom stereocenters. The van der Waals surface area contributed by atoms with Crippen molar-refractivity contribution in [3.05, 3.63) is 41.4 Å². The summed E-state index contributed by atoms with van der Waals surface area (Å²) in [5.41, 5.74) is -0.455. The largest absolute Gasteiger partial charge is 0.423 e. The van der Waals surface area contributed by atoms with E-state index in [9.17, 15) is 13.6 Å². The molecule has 0 saturated heterocycles. The van der Waals surface area contributed by atoms with E-state index >= 15 is 0 Å². The van der Waals surface area contributed by atoms with Crippen molar-refractivity contribution in [2.45, 2.75) is 19.9 Å². The van der Waals surface area contributed by atoms with Crippen LogP contribution in [0.25, 0.3) is 0 Å². The molecule has 20 heavy (non-hydrogen) atoms. The summed E-state index contributed by atoms with van der Waals surface area (Å²) in [5, 5.41) is 7.51. The lowest BCUT2D eigenvalue weighted by Crippen LogP contribution is -2.28. The third-order valence-electron chi connectivity index (χ3n) is 2.54. The van der Waals surface area contributed by atoms with Crippen molar-refractivity contribution in [2.24, 2.45) is 0 Å². The highest BCUT2D eigenvalue weighted by molar-refractivity contribution is 5.92. The zero-order valence-electron chi connectivity index (χ0n) is 10.9. The average Bonchev–Trinajstić information content (AvgIpc) is 2.85. The number of hydrogen-bond donors (Lipinski definition) is 0. The van der Waals surface area contributed by atoms with Crippen LogP contribution >= 0.6 is 0 Å². The molecule has 1 amide bonds. The Hall–Kier alpha value is -2.38. The number of aromatic nitrogens is 3. The lowest BCUT2D eigenvalue weighted by molar-refractivity contribution is 0.0761. The number of rotatable bonds is 4. The fraction of sp³-hybridized carbons (Fsp3) is 0.333. The molecule has 0 saturated carbocycles. The molecule has 2 rings (SSSR count). The van der Waals surface area contributed by atoms with Crippen molar-refractivity contribution in [3.63, 3.8) is 0 Å². The maximum Gasteiger partial charge on any atom is 0.275 e. The highest BCUT2D eigenvalue weighted by atomic mass is 19.1. The molecule has 0 fully saturated rings. The van der Waals surface area contributed by atoms with Gasteiger partial charge in [0.15, 0.2) is 11.5 Å². The number of amides is 1. The Labute approximate surface area is 113 Å². The molecular weight excluding hydrogens is 270 g/mol. The maximum absolute atomic E-state index is 13.5. The molecule has 2 heterocycles. The second kappa shape index (κ2) is 5.72. The zero-order chi connectivity index (χ0) is 14.7. The fourth-order valence-corrected chi connectivity index (χ4v) is 1.52. The Morgan fingerprint density at radius 1 is 1.35 bits per heavy atom. The van der Waals surface area contributed by atoms with Gasteiger partial charge in [-0.1, -0.05) is 6.92 Å². The van der Waals surface area contributed by atoms with Gasteiger partial charge < -0.3 is 9.32 Å². The van der Waals surface area contributed by atoms with E-state index in [1.165, 1.54) is 7.05 Å². The standard InChI is InChI=1S/C12H12F2N4O2/c1-3-9-16-17-10(20-9)6-18(2)12(19)11-8(14)4-7(13)5-15-11/h4-5H,3,6H2,1-2H3. The maximum atomic E-state index is 13.5. The Kier molecular flexibility index (Phi) is 4.02. The molecule has 0 bridgehead atoms. The van der Waals surface area contributed by atoms with Gasteiger partial charge in [-0.3, -0.25) is 4.79 Å². The van der Waals surface area contributed by atoms with E-state index in [0.29, 0.717) is 18.4 Å². The topological polar surface area (TPSA) is 72.1 Å². The fourth-order valence-electron chi connectivity index (χ4n) is 1.52. The molecule has 106 valence electrons. The molecule has 0 aliphatic carbocycles. The molecule has 0 atom stereocenters. The van der Waals surface area contributed by atoms with Crippen molar-refractivity contribution < 1.29 is 18.0 Å². The van der Waals surface area contributed by atoms with Gasteiger partial charge in [0.2, 0.25) is 11.8 Å². The predicted molar refractivity (Wildman–Crippen MR) is 63.6 cm³/mol. The highest BCUT2D eigenvalue weighted by Gasteiger charge is 2.20. The number of nitrogens with zero attached hydrogens (tertiary/aromatic N) is 4. The van der Waals surface area contributed by atoms with Crippen molar-refractivity contribution in [2.75, 3.05) is 7.05 Å². The molecule has 0 aliphatic heterocycles. The summed E-state index contributed by atoms with van der Waals surface area (Å²) in [6, 6.07) is 0.607. The average molecular weight is 282 g/mol. The van der Waals surface area contributed by atoms with Gasteiger partial charge in [-0.15, -0.1) is 10.2 Å². The SMILES string of the molecule is CCc1nnc(CN(C)C(=O)c2ncc(F)cc2F)o1. The first-order valence-electron chi connectivity index (χ1n) is 5.89. The summed E-state index contributed by atoms with van der Waals surface area (Å²) in [7, 11) is 1.43. The van der Waals surface area contributed by atoms with Crippen LogP contribution in [0.5, 0.6) is 0 Å². The van der Waals surface area contributed by atoms with Crippen molar-refractivity contribution in [1.82, 2.24) is 20.1 Å². The lowest BCUT2D eigenvalue weighted by atomic mass is 10.3. The van der Waals surface area contributed by atoms with Gasteiger partial charge in [0.1, 0.15) is 5.82 Å². The first-order chi connectivity index (χ1) is 9.51. The normalized spacial score (nSPS) is 10.6. The van der Waals surface area contributed by atoms with Crippen LogP contribution in [0.2, 0.25) is 0 Å². The van der Waals surface area contributed by atoms with E-state index in [-0.39, 0.29) is 12.4 Å². The summed E-state index contributed by atoms with van der Waals surface area (Å²) in [6.45, 7) is 1.87. The third-order valence-corrected chi connectivity index (χ3v) is 2.54. The number of carbonyl (C=O) groups is 1.